The van der Waals surface area contributed by atoms with Crippen LogP contribution in [0.1, 0.15) is 5.56 Å². The molecule has 2 aromatic heterocycles. The van der Waals surface area contributed by atoms with Gasteiger partial charge in [-0.05, 0) is 30.5 Å². The third kappa shape index (κ3) is 2.18. The third-order valence-electron chi connectivity index (χ3n) is 4.90. The summed E-state index contributed by atoms with van der Waals surface area (Å²) in [7, 11) is 1.55. The van der Waals surface area contributed by atoms with Crippen LogP contribution in [0.25, 0.3) is 27.1 Å². The molecule has 0 amide bonds. The van der Waals surface area contributed by atoms with Crippen molar-refractivity contribution in [2.24, 2.45) is 0 Å². The van der Waals surface area contributed by atoms with E-state index >= 15 is 0 Å². The van der Waals surface area contributed by atoms with Crippen molar-refractivity contribution in [3.63, 3.8) is 0 Å². The summed E-state index contributed by atoms with van der Waals surface area (Å²) < 4.78 is 18.4. The van der Waals surface area contributed by atoms with Gasteiger partial charge in [-0.2, -0.15) is 4.40 Å². The number of nitrogens with zero attached hydrogens (tertiary/aromatic N) is 1. The van der Waals surface area contributed by atoms with Crippen LogP contribution in [0, 0.1) is 6.92 Å². The van der Waals surface area contributed by atoms with Gasteiger partial charge in [0.2, 0.25) is 12.3 Å². The van der Waals surface area contributed by atoms with Crippen molar-refractivity contribution < 1.29 is 40.7 Å². The Morgan fingerprint density at radius 3 is 2.73 bits per heavy atom. The molecule has 0 saturated heterocycles. The van der Waals surface area contributed by atoms with Crippen LogP contribution < -0.4 is 35.6 Å². The Morgan fingerprint density at radius 2 is 1.92 bits per heavy atom. The number of methoxy groups -OCH3 is 1. The second-order valence-electron chi connectivity index (χ2n) is 6.20. The molecule has 1 aliphatic heterocycles. The monoisotopic (exact) mass is 413 g/mol. The first-order valence-electron chi connectivity index (χ1n) is 8.04. The molecule has 5 nitrogen and oxygen atoms in total. The summed E-state index contributed by atoms with van der Waals surface area (Å²) in [6.45, 7) is 2.30. The fourth-order valence-corrected chi connectivity index (χ4v) is 3.60. The highest BCUT2D eigenvalue weighted by Crippen LogP contribution is 2.41. The average Bonchev–Trinajstić information content (AvgIpc) is 3.10. The second kappa shape index (κ2) is 5.92. The lowest BCUT2D eigenvalue weighted by Crippen LogP contribution is -3.00. The minimum Gasteiger partial charge on any atom is -1.00 e. The number of hydrogen-bond donors (Lipinski definition) is 1. The van der Waals surface area contributed by atoms with Crippen LogP contribution >= 0.6 is 0 Å². The van der Waals surface area contributed by atoms with Crippen LogP contribution in [0.4, 0.5) is 0 Å². The molecule has 0 aliphatic carbocycles. The number of benzene rings is 2. The molecule has 1 aliphatic rings. The van der Waals surface area contributed by atoms with Crippen LogP contribution in [-0.4, -0.2) is 19.0 Å². The van der Waals surface area contributed by atoms with E-state index in [4.69, 9.17) is 14.2 Å². The van der Waals surface area contributed by atoms with E-state index in [1.807, 2.05) is 35.9 Å². The molecule has 1 N–H and O–H groups in total. The molecule has 6 heteroatoms. The van der Waals surface area contributed by atoms with Gasteiger partial charge in [0, 0.05) is 23.1 Å². The number of halogens is 1. The normalized spacial score (nSPS) is 12.5. The third-order valence-corrected chi connectivity index (χ3v) is 4.90. The highest BCUT2D eigenvalue weighted by atomic mass is 79.9. The van der Waals surface area contributed by atoms with Gasteiger partial charge in [0.15, 0.2) is 35.4 Å². The number of pyridine rings is 2. The van der Waals surface area contributed by atoms with Gasteiger partial charge in [-0.1, -0.05) is 0 Å². The molecule has 0 atom stereocenters. The number of hydrogen-bond acceptors (Lipinski definition) is 4. The van der Waals surface area contributed by atoms with Crippen molar-refractivity contribution in [2.45, 2.75) is 6.92 Å². The largest absolute Gasteiger partial charge is 1.00 e. The molecular weight excluding hydrogens is 398 g/mol. The van der Waals surface area contributed by atoms with E-state index in [9.17, 15) is 5.11 Å². The zero-order valence-electron chi connectivity index (χ0n) is 14.2. The number of aryl methyl sites for hydroxylation is 1. The van der Waals surface area contributed by atoms with Gasteiger partial charge in [0.1, 0.15) is 0 Å². The molecule has 3 heterocycles. The SMILES string of the molecule is COc1ccc2cc3c4cc5c(c(C)c4cc[n+]3cc2c1O)OCO5.[Br-]. The number of rotatable bonds is 1. The lowest BCUT2D eigenvalue weighted by Gasteiger charge is -2.08. The van der Waals surface area contributed by atoms with Crippen molar-refractivity contribution >= 4 is 27.1 Å². The summed E-state index contributed by atoms with van der Waals surface area (Å²) in [6.07, 6.45) is 3.91. The Hall–Kier alpha value is -2.73. The second-order valence-corrected chi connectivity index (χ2v) is 6.20. The zero-order chi connectivity index (χ0) is 17.1. The maximum absolute atomic E-state index is 10.4. The van der Waals surface area contributed by atoms with Crippen LogP contribution in [-0.2, 0) is 0 Å². The molecule has 0 radical (unpaired) electrons. The summed E-state index contributed by atoms with van der Waals surface area (Å²) in [5.74, 6) is 2.21. The van der Waals surface area contributed by atoms with Crippen LogP contribution in [0.2, 0.25) is 0 Å². The maximum Gasteiger partial charge on any atom is 0.231 e. The number of aromatic nitrogens is 1. The Balaban J connectivity index is 0.00000168. The smallest absolute Gasteiger partial charge is 0.231 e. The number of phenols is 1. The van der Waals surface area contributed by atoms with Gasteiger partial charge >= 0.3 is 0 Å². The molecular formula is C20H16BrNO4. The molecule has 26 heavy (non-hydrogen) atoms. The van der Waals surface area contributed by atoms with Gasteiger partial charge in [-0.3, -0.25) is 0 Å². The summed E-state index contributed by atoms with van der Waals surface area (Å²) in [5, 5.41) is 14.3. The quantitative estimate of drug-likeness (QED) is 0.280. The van der Waals surface area contributed by atoms with E-state index in [1.165, 1.54) is 0 Å². The fourth-order valence-electron chi connectivity index (χ4n) is 3.60. The summed E-state index contributed by atoms with van der Waals surface area (Å²) in [5.41, 5.74) is 2.11. The van der Waals surface area contributed by atoms with E-state index < -0.39 is 0 Å². The summed E-state index contributed by atoms with van der Waals surface area (Å²) in [6, 6.07) is 9.88. The Labute approximate surface area is 160 Å². The fraction of sp³-hybridized carbons (Fsp3) is 0.150. The van der Waals surface area contributed by atoms with E-state index in [1.54, 1.807) is 13.2 Å². The lowest BCUT2D eigenvalue weighted by atomic mass is 10.0. The van der Waals surface area contributed by atoms with E-state index in [0.29, 0.717) is 5.75 Å². The van der Waals surface area contributed by atoms with Crippen molar-refractivity contribution in [3.8, 4) is 23.0 Å². The molecule has 0 spiro atoms. The highest BCUT2D eigenvalue weighted by molar-refractivity contribution is 6.01. The van der Waals surface area contributed by atoms with Crippen molar-refractivity contribution in [2.75, 3.05) is 13.9 Å². The molecule has 132 valence electrons. The zero-order valence-corrected chi connectivity index (χ0v) is 15.8. The number of fused-ring (bicyclic) bond motifs is 5. The number of aromatic hydroxyl groups is 1. The minimum absolute atomic E-state index is 0. The maximum atomic E-state index is 10.4. The van der Waals surface area contributed by atoms with Gasteiger partial charge in [0.05, 0.1) is 17.9 Å². The predicted molar refractivity (Wildman–Crippen MR) is 93.7 cm³/mol. The van der Waals surface area contributed by atoms with Gasteiger partial charge in [-0.15, -0.1) is 0 Å². The highest BCUT2D eigenvalue weighted by Gasteiger charge is 2.22. The number of ether oxygens (including phenoxy) is 3. The molecule has 0 saturated carbocycles. The van der Waals surface area contributed by atoms with Crippen LogP contribution in [0.15, 0.2) is 42.7 Å². The summed E-state index contributed by atoms with van der Waals surface area (Å²) in [4.78, 5) is 0. The van der Waals surface area contributed by atoms with Crippen LogP contribution in [0.5, 0.6) is 23.0 Å². The van der Waals surface area contributed by atoms with Crippen molar-refractivity contribution in [1.82, 2.24) is 0 Å². The molecule has 0 fully saturated rings. The molecule has 0 unspecified atom stereocenters. The Kier molecular flexibility index (Phi) is 3.80. The molecule has 5 rings (SSSR count). The molecule has 4 aromatic rings. The minimum atomic E-state index is 0. The lowest BCUT2D eigenvalue weighted by molar-refractivity contribution is -0.509. The van der Waals surface area contributed by atoms with Crippen molar-refractivity contribution in [1.29, 1.82) is 0 Å². The standard InChI is InChI=1S/C20H15NO4.BrH/c1-11-13-5-6-21-9-15-12(3-4-17(23-2)19(15)22)7-16(21)14(13)8-18-20(11)25-10-24-18;/h3-9H,10H2,1-2H3;1H. The van der Waals surface area contributed by atoms with E-state index in [0.717, 1.165) is 44.1 Å². The first-order chi connectivity index (χ1) is 12.2. The van der Waals surface area contributed by atoms with Crippen molar-refractivity contribution in [3.05, 3.63) is 48.3 Å². The Morgan fingerprint density at radius 1 is 1.08 bits per heavy atom. The van der Waals surface area contributed by atoms with Gasteiger partial charge < -0.3 is 36.3 Å². The Bertz CT molecular complexity index is 1190. The summed E-state index contributed by atoms with van der Waals surface area (Å²) >= 11 is 0. The topological polar surface area (TPSA) is 52.0 Å². The predicted octanol–water partition coefficient (Wildman–Crippen LogP) is 0.487. The average molecular weight is 414 g/mol. The van der Waals surface area contributed by atoms with Crippen LogP contribution in [0.3, 0.4) is 0 Å². The van der Waals surface area contributed by atoms with E-state index in [2.05, 4.69) is 12.1 Å². The molecule has 0 bridgehead atoms. The van der Waals surface area contributed by atoms with E-state index in [-0.39, 0.29) is 29.5 Å². The van der Waals surface area contributed by atoms with Gasteiger partial charge in [-0.25, -0.2) is 0 Å². The first-order valence-corrected chi connectivity index (χ1v) is 8.04. The number of phenolic OH excluding ortho intramolecular Hbond substituents is 1. The molecule has 2 aromatic carbocycles. The van der Waals surface area contributed by atoms with Gasteiger partial charge in [0.25, 0.3) is 0 Å². The first kappa shape index (κ1) is 16.7.